The van der Waals surface area contributed by atoms with Gasteiger partial charge >= 0.3 is 5.97 Å². The molecule has 0 aliphatic carbocycles. The van der Waals surface area contributed by atoms with Crippen LogP contribution in [-0.4, -0.2) is 18.2 Å². The quantitative estimate of drug-likeness (QED) is 0.844. The minimum atomic E-state index is -3.21. The summed E-state index contributed by atoms with van der Waals surface area (Å²) in [6.07, 6.45) is 0. The van der Waals surface area contributed by atoms with Gasteiger partial charge in [-0.3, -0.25) is 0 Å². The number of methoxy groups -OCH3 is 1. The summed E-state index contributed by atoms with van der Waals surface area (Å²) in [4.78, 5) is 10.8. The van der Waals surface area contributed by atoms with Crippen LogP contribution in [-0.2, 0) is 5.92 Å². The van der Waals surface area contributed by atoms with Crippen molar-refractivity contribution in [2.45, 2.75) is 12.8 Å². The number of alkyl halides is 2. The van der Waals surface area contributed by atoms with Crippen molar-refractivity contribution in [2.24, 2.45) is 0 Å². The Labute approximate surface area is 85.3 Å². The largest absolute Gasteiger partial charge is 0.496 e. The number of ether oxygens (including phenoxy) is 1. The van der Waals surface area contributed by atoms with E-state index in [9.17, 15) is 13.6 Å². The van der Waals surface area contributed by atoms with Gasteiger partial charge in [0.1, 0.15) is 11.3 Å². The van der Waals surface area contributed by atoms with E-state index in [1.807, 2.05) is 0 Å². The summed E-state index contributed by atoms with van der Waals surface area (Å²) >= 11 is 0. The summed E-state index contributed by atoms with van der Waals surface area (Å²) in [6, 6.07) is 3.74. The molecule has 1 aromatic carbocycles. The molecule has 1 rings (SSSR count). The van der Waals surface area contributed by atoms with Gasteiger partial charge in [0.05, 0.1) is 7.11 Å². The average Bonchev–Trinajstić information content (AvgIpc) is 2.15. The lowest BCUT2D eigenvalue weighted by atomic mass is 10.0. The fourth-order valence-electron chi connectivity index (χ4n) is 1.29. The smallest absolute Gasteiger partial charge is 0.339 e. The van der Waals surface area contributed by atoms with Crippen molar-refractivity contribution in [1.29, 1.82) is 0 Å². The fraction of sp³-hybridized carbons (Fsp3) is 0.300. The second kappa shape index (κ2) is 3.84. The SMILES string of the molecule is COc1cccc(C(C)(F)F)c1C(=O)O. The van der Waals surface area contributed by atoms with E-state index < -0.39 is 23.0 Å². The predicted octanol–water partition coefficient (Wildman–Crippen LogP) is 2.51. The highest BCUT2D eigenvalue weighted by atomic mass is 19.3. The first-order valence-corrected chi connectivity index (χ1v) is 4.16. The van der Waals surface area contributed by atoms with Crippen LogP contribution in [0.4, 0.5) is 8.78 Å². The van der Waals surface area contributed by atoms with Crippen molar-refractivity contribution in [3.05, 3.63) is 29.3 Å². The van der Waals surface area contributed by atoms with Crippen LogP contribution in [0.1, 0.15) is 22.8 Å². The third-order valence-corrected chi connectivity index (χ3v) is 1.93. The van der Waals surface area contributed by atoms with Crippen molar-refractivity contribution in [3.8, 4) is 5.75 Å². The molecule has 0 aromatic heterocycles. The number of benzene rings is 1. The highest BCUT2D eigenvalue weighted by molar-refractivity contribution is 5.93. The van der Waals surface area contributed by atoms with Crippen LogP contribution in [0.5, 0.6) is 5.75 Å². The van der Waals surface area contributed by atoms with Crippen LogP contribution in [0.15, 0.2) is 18.2 Å². The molecule has 0 aliphatic rings. The topological polar surface area (TPSA) is 46.5 Å². The van der Waals surface area contributed by atoms with E-state index in [0.29, 0.717) is 6.92 Å². The standard InChI is InChI=1S/C10H10F2O3/c1-10(11,12)6-4-3-5-7(15-2)8(6)9(13)14/h3-5H,1-2H3,(H,13,14). The zero-order valence-electron chi connectivity index (χ0n) is 8.25. The molecule has 5 heteroatoms. The maximum absolute atomic E-state index is 13.1. The lowest BCUT2D eigenvalue weighted by Crippen LogP contribution is -2.15. The summed E-state index contributed by atoms with van der Waals surface area (Å²) in [7, 11) is 1.24. The third kappa shape index (κ3) is 2.23. The first-order chi connectivity index (χ1) is 6.88. The zero-order valence-corrected chi connectivity index (χ0v) is 8.25. The Morgan fingerprint density at radius 2 is 2.07 bits per heavy atom. The van der Waals surface area contributed by atoms with Crippen molar-refractivity contribution >= 4 is 5.97 Å². The highest BCUT2D eigenvalue weighted by Gasteiger charge is 2.31. The highest BCUT2D eigenvalue weighted by Crippen LogP contribution is 2.34. The normalized spacial score (nSPS) is 11.2. The minimum absolute atomic E-state index is 0.0680. The van der Waals surface area contributed by atoms with Gasteiger partial charge in [0, 0.05) is 12.5 Å². The molecule has 0 fully saturated rings. The summed E-state index contributed by atoms with van der Waals surface area (Å²) in [6.45, 7) is 0.647. The Morgan fingerprint density at radius 3 is 2.47 bits per heavy atom. The van der Waals surface area contributed by atoms with Gasteiger partial charge in [0.15, 0.2) is 0 Å². The zero-order chi connectivity index (χ0) is 11.6. The van der Waals surface area contributed by atoms with Gasteiger partial charge in [-0.1, -0.05) is 12.1 Å². The Morgan fingerprint density at radius 1 is 1.47 bits per heavy atom. The van der Waals surface area contributed by atoms with Crippen LogP contribution in [0.2, 0.25) is 0 Å². The fourth-order valence-corrected chi connectivity index (χ4v) is 1.29. The Balaban J connectivity index is 3.46. The number of hydrogen-bond donors (Lipinski definition) is 1. The summed E-state index contributed by atoms with van der Waals surface area (Å²) in [5.74, 6) is -4.70. The van der Waals surface area contributed by atoms with Gasteiger partial charge in [-0.05, 0) is 6.07 Å². The molecule has 0 unspecified atom stereocenters. The van der Waals surface area contributed by atoms with Crippen LogP contribution < -0.4 is 4.74 Å². The monoisotopic (exact) mass is 216 g/mol. The van der Waals surface area contributed by atoms with Gasteiger partial charge in [-0.15, -0.1) is 0 Å². The molecule has 0 atom stereocenters. The van der Waals surface area contributed by atoms with Gasteiger partial charge < -0.3 is 9.84 Å². The van der Waals surface area contributed by atoms with Crippen LogP contribution in [0.25, 0.3) is 0 Å². The number of aromatic carboxylic acids is 1. The van der Waals surface area contributed by atoms with Crippen molar-refractivity contribution in [3.63, 3.8) is 0 Å². The first kappa shape index (κ1) is 11.4. The summed E-state index contributed by atoms with van der Waals surface area (Å²) in [5.41, 5.74) is -1.04. The molecular weight excluding hydrogens is 206 g/mol. The van der Waals surface area contributed by atoms with Crippen LogP contribution >= 0.6 is 0 Å². The molecule has 0 aliphatic heterocycles. The molecule has 0 saturated heterocycles. The number of halogens is 2. The second-order valence-electron chi connectivity index (χ2n) is 3.08. The van der Waals surface area contributed by atoms with E-state index in [0.717, 1.165) is 6.07 Å². The van der Waals surface area contributed by atoms with E-state index in [2.05, 4.69) is 0 Å². The maximum Gasteiger partial charge on any atom is 0.339 e. The van der Waals surface area contributed by atoms with E-state index in [-0.39, 0.29) is 5.75 Å². The Kier molecular flexibility index (Phi) is 2.93. The van der Waals surface area contributed by atoms with E-state index in [4.69, 9.17) is 9.84 Å². The molecule has 3 nitrogen and oxygen atoms in total. The van der Waals surface area contributed by atoms with Crippen molar-refractivity contribution in [2.75, 3.05) is 7.11 Å². The van der Waals surface area contributed by atoms with E-state index in [1.54, 1.807) is 0 Å². The Hall–Kier alpha value is -1.65. The maximum atomic E-state index is 13.1. The number of carboxylic acids is 1. The molecule has 82 valence electrons. The van der Waals surface area contributed by atoms with Crippen molar-refractivity contribution in [1.82, 2.24) is 0 Å². The lowest BCUT2D eigenvalue weighted by molar-refractivity contribution is 0.0150. The number of hydrogen-bond acceptors (Lipinski definition) is 2. The molecule has 1 aromatic rings. The summed E-state index contributed by atoms with van der Waals surface area (Å²) in [5, 5.41) is 8.83. The van der Waals surface area contributed by atoms with Gasteiger partial charge in [0.25, 0.3) is 5.92 Å². The summed E-state index contributed by atoms with van der Waals surface area (Å²) < 4.78 is 30.9. The molecule has 0 heterocycles. The first-order valence-electron chi connectivity index (χ1n) is 4.16. The third-order valence-electron chi connectivity index (χ3n) is 1.93. The van der Waals surface area contributed by atoms with Crippen LogP contribution in [0, 0.1) is 0 Å². The predicted molar refractivity (Wildman–Crippen MR) is 49.5 cm³/mol. The number of carbonyl (C=O) groups is 1. The van der Waals surface area contributed by atoms with Gasteiger partial charge in [-0.2, -0.15) is 0 Å². The molecule has 15 heavy (non-hydrogen) atoms. The molecule has 0 radical (unpaired) electrons. The second-order valence-corrected chi connectivity index (χ2v) is 3.08. The molecule has 0 spiro atoms. The minimum Gasteiger partial charge on any atom is -0.496 e. The van der Waals surface area contributed by atoms with Crippen LogP contribution in [0.3, 0.4) is 0 Å². The molecule has 0 amide bonds. The lowest BCUT2D eigenvalue weighted by Gasteiger charge is -2.15. The molecular formula is C10H10F2O3. The average molecular weight is 216 g/mol. The van der Waals surface area contributed by atoms with Gasteiger partial charge in [0.2, 0.25) is 0 Å². The number of rotatable bonds is 3. The van der Waals surface area contributed by atoms with E-state index >= 15 is 0 Å². The number of carboxylic acid groups (broad SMARTS) is 1. The Bertz CT molecular complexity index is 383. The molecule has 0 saturated carbocycles. The molecule has 1 N–H and O–H groups in total. The van der Waals surface area contributed by atoms with Crippen molar-refractivity contribution < 1.29 is 23.4 Å². The molecule has 0 bridgehead atoms. The van der Waals surface area contributed by atoms with Gasteiger partial charge in [-0.25, -0.2) is 13.6 Å². The van der Waals surface area contributed by atoms with E-state index in [1.165, 1.54) is 19.2 Å².